The molecule has 0 fully saturated rings. The normalized spacial score (nSPS) is 12.3. The molecule has 0 saturated carbocycles. The lowest BCUT2D eigenvalue weighted by atomic mass is 10.2. The highest BCUT2D eigenvalue weighted by Gasteiger charge is 1.96. The molecule has 2 nitrogen and oxygen atoms in total. The quantitative estimate of drug-likeness (QED) is 0.708. The molecule has 0 unspecified atom stereocenters. The summed E-state index contributed by atoms with van der Waals surface area (Å²) in [6, 6.07) is 10.5. The second-order valence-corrected chi connectivity index (χ2v) is 3.71. The molecule has 0 aliphatic heterocycles. The summed E-state index contributed by atoms with van der Waals surface area (Å²) in [5, 5.41) is 2.33. The molecule has 0 N–H and O–H groups in total. The predicted molar refractivity (Wildman–Crippen MR) is 63.6 cm³/mol. The van der Waals surface area contributed by atoms with Gasteiger partial charge in [0.15, 0.2) is 0 Å². The van der Waals surface area contributed by atoms with E-state index >= 15 is 0 Å². The highest BCUT2D eigenvalue weighted by molar-refractivity contribution is 5.78. The lowest BCUT2D eigenvalue weighted by Crippen LogP contribution is -2.07. The predicted octanol–water partition coefficient (Wildman–Crippen LogP) is 2.49. The fourth-order valence-electron chi connectivity index (χ4n) is 1.72. The van der Waals surface area contributed by atoms with Crippen molar-refractivity contribution in [1.29, 1.82) is 0 Å². The zero-order valence-electron chi connectivity index (χ0n) is 9.27. The summed E-state index contributed by atoms with van der Waals surface area (Å²) in [6.07, 6.45) is 3.16. The summed E-state index contributed by atoms with van der Waals surface area (Å²) in [4.78, 5) is 4.58. The topological polar surface area (TPSA) is 17.3 Å². The van der Waals surface area contributed by atoms with Crippen LogP contribution in [0, 0.1) is 0 Å². The molecule has 0 spiro atoms. The minimum absolute atomic E-state index is 0.901. The number of fused-ring (bicyclic) bond motifs is 1. The number of hydrogen-bond acceptors (Lipinski definition) is 1. The molecule has 78 valence electrons. The number of benzene rings is 1. The number of nitrogens with zero attached hydrogens (tertiary/aromatic N) is 2. The number of rotatable bonds is 2. The van der Waals surface area contributed by atoms with Gasteiger partial charge in [0.05, 0.1) is 5.36 Å². The maximum absolute atomic E-state index is 4.58. The summed E-state index contributed by atoms with van der Waals surface area (Å²) >= 11 is 0. The van der Waals surface area contributed by atoms with Crippen molar-refractivity contribution in [1.82, 2.24) is 4.57 Å². The van der Waals surface area contributed by atoms with Crippen molar-refractivity contribution in [3.63, 3.8) is 0 Å². The number of aryl methyl sites for hydroxylation is 1. The second-order valence-electron chi connectivity index (χ2n) is 3.71. The van der Waals surface area contributed by atoms with Crippen LogP contribution in [-0.4, -0.2) is 11.1 Å². The van der Waals surface area contributed by atoms with E-state index in [-0.39, 0.29) is 0 Å². The molecule has 2 rings (SSSR count). The molecule has 0 atom stereocenters. The second kappa shape index (κ2) is 4.30. The molecule has 1 heterocycles. The van der Waals surface area contributed by atoms with E-state index in [1.807, 2.05) is 0 Å². The van der Waals surface area contributed by atoms with Crippen LogP contribution >= 0.6 is 0 Å². The standard InChI is InChI=1S/C13H16N2/c1-3-9-14-12-8-10-15(2)13-7-5-4-6-11(12)13/h4-8,10H,3,9H2,1-2H3/b14-12+. The fourth-order valence-corrected chi connectivity index (χ4v) is 1.72. The van der Waals surface area contributed by atoms with E-state index in [1.54, 1.807) is 0 Å². The smallest absolute Gasteiger partial charge is 0.0682 e. The van der Waals surface area contributed by atoms with Crippen molar-refractivity contribution in [2.24, 2.45) is 12.0 Å². The zero-order valence-corrected chi connectivity index (χ0v) is 9.27. The first-order valence-electron chi connectivity index (χ1n) is 5.38. The third-order valence-electron chi connectivity index (χ3n) is 2.52. The van der Waals surface area contributed by atoms with Gasteiger partial charge in [0, 0.05) is 30.7 Å². The van der Waals surface area contributed by atoms with Gasteiger partial charge in [0.25, 0.3) is 0 Å². The largest absolute Gasteiger partial charge is 0.350 e. The maximum Gasteiger partial charge on any atom is 0.0682 e. The Morgan fingerprint density at radius 2 is 2.00 bits per heavy atom. The van der Waals surface area contributed by atoms with E-state index in [9.17, 15) is 0 Å². The molecule has 2 aromatic rings. The number of pyridine rings is 1. The van der Waals surface area contributed by atoms with Crippen LogP contribution in [0.1, 0.15) is 13.3 Å². The van der Waals surface area contributed by atoms with Crippen molar-refractivity contribution in [3.05, 3.63) is 41.9 Å². The van der Waals surface area contributed by atoms with Gasteiger partial charge >= 0.3 is 0 Å². The van der Waals surface area contributed by atoms with E-state index in [1.165, 1.54) is 10.9 Å². The molecule has 0 amide bonds. The highest BCUT2D eigenvalue weighted by Crippen LogP contribution is 2.07. The third-order valence-corrected chi connectivity index (χ3v) is 2.52. The first-order chi connectivity index (χ1) is 7.33. The summed E-state index contributed by atoms with van der Waals surface area (Å²) in [5.41, 5.74) is 1.23. The Morgan fingerprint density at radius 3 is 2.80 bits per heavy atom. The van der Waals surface area contributed by atoms with Gasteiger partial charge in [0.1, 0.15) is 0 Å². The van der Waals surface area contributed by atoms with Gasteiger partial charge in [0.2, 0.25) is 0 Å². The minimum atomic E-state index is 0.901. The minimum Gasteiger partial charge on any atom is -0.350 e. The molecule has 0 radical (unpaired) electrons. The third kappa shape index (κ3) is 1.94. The molecule has 0 saturated heterocycles. The van der Waals surface area contributed by atoms with Crippen LogP contribution in [0.15, 0.2) is 41.5 Å². The fraction of sp³-hybridized carbons (Fsp3) is 0.308. The highest BCUT2D eigenvalue weighted by atomic mass is 14.9. The molecule has 0 bridgehead atoms. The lowest BCUT2D eigenvalue weighted by molar-refractivity contribution is 0.897. The molecule has 15 heavy (non-hydrogen) atoms. The average Bonchev–Trinajstić information content (AvgIpc) is 2.29. The average molecular weight is 200 g/mol. The molecule has 2 heteroatoms. The van der Waals surface area contributed by atoms with Crippen molar-refractivity contribution in [2.45, 2.75) is 13.3 Å². The monoisotopic (exact) mass is 200 g/mol. The summed E-state index contributed by atoms with van der Waals surface area (Å²) in [6.45, 7) is 3.05. The molecule has 1 aromatic carbocycles. The van der Waals surface area contributed by atoms with Crippen LogP contribution in [0.4, 0.5) is 0 Å². The first-order valence-corrected chi connectivity index (χ1v) is 5.38. The maximum atomic E-state index is 4.58. The van der Waals surface area contributed by atoms with E-state index in [4.69, 9.17) is 0 Å². The van der Waals surface area contributed by atoms with Gasteiger partial charge in [-0.3, -0.25) is 4.99 Å². The van der Waals surface area contributed by atoms with Crippen LogP contribution in [0.2, 0.25) is 0 Å². The number of aromatic nitrogens is 1. The Labute approximate surface area is 89.9 Å². The SMILES string of the molecule is CCC/N=c1\ccn(C)c2ccccc12. The number of hydrogen-bond donors (Lipinski definition) is 0. The zero-order chi connectivity index (χ0) is 10.7. The Balaban J connectivity index is 2.72. The summed E-state index contributed by atoms with van der Waals surface area (Å²) < 4.78 is 2.13. The Hall–Kier alpha value is -1.57. The Kier molecular flexibility index (Phi) is 2.86. The van der Waals surface area contributed by atoms with Gasteiger partial charge in [-0.15, -0.1) is 0 Å². The first kappa shape index (κ1) is 9.97. The molecule has 1 aromatic heterocycles. The molecular formula is C13H16N2. The van der Waals surface area contributed by atoms with Gasteiger partial charge in [-0.2, -0.15) is 0 Å². The van der Waals surface area contributed by atoms with Crippen molar-refractivity contribution >= 4 is 10.9 Å². The van der Waals surface area contributed by atoms with Crippen LogP contribution in [0.5, 0.6) is 0 Å². The Morgan fingerprint density at radius 1 is 1.20 bits per heavy atom. The molecular weight excluding hydrogens is 184 g/mol. The number of para-hydroxylation sites is 1. The van der Waals surface area contributed by atoms with Gasteiger partial charge < -0.3 is 4.57 Å². The van der Waals surface area contributed by atoms with Gasteiger partial charge in [-0.05, 0) is 18.6 Å². The molecule has 0 aliphatic carbocycles. The van der Waals surface area contributed by atoms with Crippen molar-refractivity contribution in [3.8, 4) is 0 Å². The lowest BCUT2D eigenvalue weighted by Gasteiger charge is -2.04. The van der Waals surface area contributed by atoms with E-state index < -0.39 is 0 Å². The summed E-state index contributed by atoms with van der Waals surface area (Å²) in [5.74, 6) is 0. The van der Waals surface area contributed by atoms with Crippen LogP contribution < -0.4 is 5.36 Å². The van der Waals surface area contributed by atoms with Crippen molar-refractivity contribution in [2.75, 3.05) is 6.54 Å². The Bertz CT molecular complexity index is 523. The van der Waals surface area contributed by atoms with Crippen LogP contribution in [0.3, 0.4) is 0 Å². The van der Waals surface area contributed by atoms with Crippen molar-refractivity contribution < 1.29 is 0 Å². The van der Waals surface area contributed by atoms with Crippen LogP contribution in [-0.2, 0) is 7.05 Å². The van der Waals surface area contributed by atoms with E-state index in [2.05, 4.69) is 60.1 Å². The van der Waals surface area contributed by atoms with E-state index in [0.29, 0.717) is 0 Å². The molecule has 0 aliphatic rings. The summed E-state index contributed by atoms with van der Waals surface area (Å²) in [7, 11) is 2.06. The van der Waals surface area contributed by atoms with E-state index in [0.717, 1.165) is 18.3 Å². The van der Waals surface area contributed by atoms with Gasteiger partial charge in [-0.25, -0.2) is 0 Å². The van der Waals surface area contributed by atoms with Crippen LogP contribution in [0.25, 0.3) is 10.9 Å². The van der Waals surface area contributed by atoms with Gasteiger partial charge in [-0.1, -0.05) is 25.1 Å².